The third kappa shape index (κ3) is 1.74. The zero-order valence-corrected chi connectivity index (χ0v) is 10.9. The number of rotatable bonds is 3. The van der Waals surface area contributed by atoms with Gasteiger partial charge in [-0.2, -0.15) is 0 Å². The van der Waals surface area contributed by atoms with E-state index in [1.807, 2.05) is 25.2 Å². The van der Waals surface area contributed by atoms with E-state index >= 15 is 0 Å². The third-order valence-corrected chi connectivity index (χ3v) is 3.55. The van der Waals surface area contributed by atoms with Gasteiger partial charge >= 0.3 is 0 Å². The van der Waals surface area contributed by atoms with Crippen molar-refractivity contribution in [2.45, 2.75) is 12.5 Å². The van der Waals surface area contributed by atoms with Crippen molar-refractivity contribution < 1.29 is 5.11 Å². The van der Waals surface area contributed by atoms with E-state index in [9.17, 15) is 5.11 Å². The average molecular weight is 252 g/mol. The van der Waals surface area contributed by atoms with Crippen LogP contribution in [0.2, 0.25) is 0 Å². The van der Waals surface area contributed by atoms with E-state index in [0.717, 1.165) is 22.1 Å². The number of para-hydroxylation sites is 1. The molecule has 3 aromatic rings. The molecule has 2 heterocycles. The fourth-order valence-electron chi connectivity index (χ4n) is 2.67. The Labute approximate surface area is 111 Å². The molecule has 0 saturated heterocycles. The molecule has 0 bridgehead atoms. The van der Waals surface area contributed by atoms with Gasteiger partial charge in [0.1, 0.15) is 6.10 Å². The van der Waals surface area contributed by atoms with Crippen molar-refractivity contribution in [1.82, 2.24) is 9.55 Å². The molecular weight excluding hydrogens is 236 g/mol. The summed E-state index contributed by atoms with van der Waals surface area (Å²) < 4.78 is 2.10. The Balaban J connectivity index is 2.39. The molecule has 96 valence electrons. The van der Waals surface area contributed by atoms with Gasteiger partial charge in [0.2, 0.25) is 0 Å². The number of hydrogen-bond donors (Lipinski definition) is 1. The van der Waals surface area contributed by atoms with Crippen molar-refractivity contribution in [3.05, 3.63) is 54.9 Å². The van der Waals surface area contributed by atoms with Crippen LogP contribution in [0.5, 0.6) is 0 Å². The molecule has 3 heteroatoms. The van der Waals surface area contributed by atoms with E-state index in [1.54, 1.807) is 12.3 Å². The van der Waals surface area contributed by atoms with Gasteiger partial charge in [-0.15, -0.1) is 6.58 Å². The predicted octanol–water partition coefficient (Wildman–Crippen LogP) is 3.34. The summed E-state index contributed by atoms with van der Waals surface area (Å²) in [5.74, 6) is 0. The highest BCUT2D eigenvalue weighted by Gasteiger charge is 2.16. The first kappa shape index (κ1) is 11.9. The Morgan fingerprint density at radius 1 is 1.32 bits per heavy atom. The molecule has 0 aliphatic carbocycles. The summed E-state index contributed by atoms with van der Waals surface area (Å²) in [6.45, 7) is 3.68. The number of hydrogen-bond acceptors (Lipinski definition) is 2. The third-order valence-electron chi connectivity index (χ3n) is 3.55. The van der Waals surface area contributed by atoms with Crippen molar-refractivity contribution >= 4 is 21.8 Å². The molecule has 1 atom stereocenters. The lowest BCUT2D eigenvalue weighted by Gasteiger charge is -2.10. The van der Waals surface area contributed by atoms with Crippen LogP contribution in [0, 0.1) is 0 Å². The molecule has 0 radical (unpaired) electrons. The van der Waals surface area contributed by atoms with Crippen LogP contribution in [0.25, 0.3) is 21.8 Å². The summed E-state index contributed by atoms with van der Waals surface area (Å²) in [6, 6.07) is 10.2. The second-order valence-electron chi connectivity index (χ2n) is 4.71. The molecule has 0 saturated carbocycles. The normalized spacial score (nSPS) is 12.9. The van der Waals surface area contributed by atoms with Gasteiger partial charge in [-0.3, -0.25) is 4.98 Å². The van der Waals surface area contributed by atoms with Crippen molar-refractivity contribution in [2.24, 2.45) is 7.05 Å². The van der Waals surface area contributed by atoms with Crippen molar-refractivity contribution in [2.75, 3.05) is 0 Å². The zero-order chi connectivity index (χ0) is 13.4. The Hall–Kier alpha value is -2.13. The molecule has 0 aliphatic rings. The fourth-order valence-corrected chi connectivity index (χ4v) is 2.67. The molecule has 0 fully saturated rings. The van der Waals surface area contributed by atoms with Crippen LogP contribution in [-0.4, -0.2) is 14.7 Å². The molecule has 3 rings (SSSR count). The van der Waals surface area contributed by atoms with Crippen molar-refractivity contribution in [1.29, 1.82) is 0 Å². The molecule has 19 heavy (non-hydrogen) atoms. The molecular formula is C16H16N2O. The van der Waals surface area contributed by atoms with Gasteiger partial charge in [0.25, 0.3) is 0 Å². The minimum Gasteiger partial charge on any atom is -0.386 e. The Kier molecular flexibility index (Phi) is 2.84. The number of nitrogens with zero attached hydrogens (tertiary/aromatic N) is 2. The first-order valence-corrected chi connectivity index (χ1v) is 6.35. The molecule has 1 aromatic carbocycles. The van der Waals surface area contributed by atoms with Crippen LogP contribution >= 0.6 is 0 Å². The lowest BCUT2D eigenvalue weighted by Crippen LogP contribution is -2.02. The van der Waals surface area contributed by atoms with Gasteiger partial charge in [-0.1, -0.05) is 24.3 Å². The number of pyridine rings is 1. The standard InChI is InChI=1S/C16H16N2O/c1-3-6-14(19)15-16-12(9-10-17-15)11-7-4-5-8-13(11)18(16)2/h3-5,7-10,14,19H,1,6H2,2H3. The van der Waals surface area contributed by atoms with Gasteiger partial charge in [-0.25, -0.2) is 0 Å². The monoisotopic (exact) mass is 252 g/mol. The first-order valence-electron chi connectivity index (χ1n) is 6.35. The predicted molar refractivity (Wildman–Crippen MR) is 78.0 cm³/mol. The van der Waals surface area contributed by atoms with Crippen LogP contribution in [0.4, 0.5) is 0 Å². The quantitative estimate of drug-likeness (QED) is 0.726. The summed E-state index contributed by atoms with van der Waals surface area (Å²) in [7, 11) is 2.01. The second kappa shape index (κ2) is 4.52. The molecule has 2 aromatic heterocycles. The number of aliphatic hydroxyl groups excluding tert-OH is 1. The number of aromatic nitrogens is 2. The SMILES string of the molecule is C=CCC(O)c1nccc2c3ccccc3n(C)c12. The van der Waals surface area contributed by atoms with E-state index in [1.165, 1.54) is 5.39 Å². The second-order valence-corrected chi connectivity index (χ2v) is 4.71. The van der Waals surface area contributed by atoms with Crippen LogP contribution < -0.4 is 0 Å². The average Bonchev–Trinajstić information content (AvgIpc) is 2.74. The summed E-state index contributed by atoms with van der Waals surface area (Å²) in [4.78, 5) is 4.36. The van der Waals surface area contributed by atoms with Crippen molar-refractivity contribution in [3.8, 4) is 0 Å². The highest BCUT2D eigenvalue weighted by atomic mass is 16.3. The molecule has 0 aliphatic heterocycles. The maximum atomic E-state index is 10.2. The minimum atomic E-state index is -0.607. The van der Waals surface area contributed by atoms with Crippen LogP contribution in [0.1, 0.15) is 18.2 Å². The highest BCUT2D eigenvalue weighted by Crippen LogP contribution is 2.32. The van der Waals surface area contributed by atoms with Gasteiger partial charge < -0.3 is 9.67 Å². The summed E-state index contributed by atoms with van der Waals surface area (Å²) in [5.41, 5.74) is 2.87. The molecule has 1 N–H and O–H groups in total. The Morgan fingerprint density at radius 3 is 2.89 bits per heavy atom. The van der Waals surface area contributed by atoms with E-state index in [-0.39, 0.29) is 0 Å². The zero-order valence-electron chi connectivity index (χ0n) is 10.9. The van der Waals surface area contributed by atoms with Crippen LogP contribution in [0.15, 0.2) is 49.2 Å². The fraction of sp³-hybridized carbons (Fsp3) is 0.188. The number of fused-ring (bicyclic) bond motifs is 3. The van der Waals surface area contributed by atoms with E-state index in [4.69, 9.17) is 0 Å². The molecule has 3 nitrogen and oxygen atoms in total. The number of aliphatic hydroxyl groups is 1. The number of benzene rings is 1. The van der Waals surface area contributed by atoms with Gasteiger partial charge in [0.15, 0.2) is 0 Å². The minimum absolute atomic E-state index is 0.508. The summed E-state index contributed by atoms with van der Waals surface area (Å²) in [6.07, 6.45) is 3.38. The van der Waals surface area contributed by atoms with Gasteiger partial charge in [0.05, 0.1) is 11.2 Å². The lowest BCUT2D eigenvalue weighted by atomic mass is 10.1. The Bertz CT molecular complexity index is 758. The summed E-state index contributed by atoms with van der Waals surface area (Å²) in [5, 5.41) is 12.5. The lowest BCUT2D eigenvalue weighted by molar-refractivity contribution is 0.178. The topological polar surface area (TPSA) is 38.1 Å². The van der Waals surface area contributed by atoms with Crippen LogP contribution in [-0.2, 0) is 7.05 Å². The maximum Gasteiger partial charge on any atom is 0.101 e. The van der Waals surface area contributed by atoms with E-state index < -0.39 is 6.10 Å². The van der Waals surface area contributed by atoms with Gasteiger partial charge in [0, 0.05) is 29.5 Å². The Morgan fingerprint density at radius 2 is 2.11 bits per heavy atom. The first-order chi connectivity index (χ1) is 9.24. The molecule has 0 spiro atoms. The van der Waals surface area contributed by atoms with Gasteiger partial charge in [-0.05, 0) is 18.6 Å². The smallest absolute Gasteiger partial charge is 0.101 e. The highest BCUT2D eigenvalue weighted by molar-refractivity contribution is 6.08. The molecule has 0 amide bonds. The van der Waals surface area contributed by atoms with Crippen molar-refractivity contribution in [3.63, 3.8) is 0 Å². The van der Waals surface area contributed by atoms with E-state index in [0.29, 0.717) is 6.42 Å². The largest absolute Gasteiger partial charge is 0.386 e. The number of aryl methyl sites for hydroxylation is 1. The maximum absolute atomic E-state index is 10.2. The summed E-state index contributed by atoms with van der Waals surface area (Å²) >= 11 is 0. The van der Waals surface area contributed by atoms with E-state index in [2.05, 4.69) is 28.3 Å². The van der Waals surface area contributed by atoms with Crippen LogP contribution in [0.3, 0.4) is 0 Å². The molecule has 1 unspecified atom stereocenters.